The smallest absolute Gasteiger partial charge is 0.244 e. The number of carbonyl (C=O) groups is 1. The number of anilines is 1. The molecule has 1 aliphatic rings. The summed E-state index contributed by atoms with van der Waals surface area (Å²) >= 11 is 0. The lowest BCUT2D eigenvalue weighted by atomic mass is 10.2. The van der Waals surface area contributed by atoms with Crippen LogP contribution in [0.4, 0.5) is 18.9 Å². The maximum atomic E-state index is 13.1. The minimum Gasteiger partial charge on any atom is -0.322 e. The molecule has 1 fully saturated rings. The first kappa shape index (κ1) is 13.8. The van der Waals surface area contributed by atoms with Crippen molar-refractivity contribution in [2.24, 2.45) is 5.73 Å². The minimum atomic E-state index is -1.30. The molecule has 7 heteroatoms. The molecule has 94 valence electrons. The summed E-state index contributed by atoms with van der Waals surface area (Å²) in [7, 11) is 0. The second-order valence-corrected chi connectivity index (χ2v) is 3.86. The van der Waals surface area contributed by atoms with E-state index in [4.69, 9.17) is 5.73 Å². The van der Waals surface area contributed by atoms with Crippen molar-refractivity contribution in [2.45, 2.75) is 18.4 Å². The van der Waals surface area contributed by atoms with E-state index in [1.54, 1.807) is 0 Å². The van der Waals surface area contributed by atoms with E-state index >= 15 is 0 Å². The van der Waals surface area contributed by atoms with Gasteiger partial charge in [-0.15, -0.1) is 12.4 Å². The van der Waals surface area contributed by atoms with Gasteiger partial charge in [0.2, 0.25) is 5.91 Å². The lowest BCUT2D eigenvalue weighted by molar-refractivity contribution is -0.118. The van der Waals surface area contributed by atoms with Gasteiger partial charge < -0.3 is 11.1 Å². The molecule has 0 radical (unpaired) electrons. The normalized spacial score (nSPS) is 16.0. The van der Waals surface area contributed by atoms with Gasteiger partial charge in [0.15, 0.2) is 11.6 Å². The van der Waals surface area contributed by atoms with Crippen molar-refractivity contribution >= 4 is 24.0 Å². The second kappa shape index (κ2) is 4.54. The van der Waals surface area contributed by atoms with Crippen molar-refractivity contribution in [1.29, 1.82) is 0 Å². The fourth-order valence-electron chi connectivity index (χ4n) is 1.23. The number of amides is 1. The van der Waals surface area contributed by atoms with Crippen LogP contribution in [0.15, 0.2) is 12.1 Å². The predicted molar refractivity (Wildman–Crippen MR) is 58.3 cm³/mol. The van der Waals surface area contributed by atoms with Crippen LogP contribution in [0.25, 0.3) is 0 Å². The molecular weight excluding hydrogens is 257 g/mol. The highest BCUT2D eigenvalue weighted by Crippen LogP contribution is 2.33. The van der Waals surface area contributed by atoms with E-state index < -0.39 is 34.6 Å². The molecule has 0 saturated heterocycles. The molecular formula is C10H10ClF3N2O. The summed E-state index contributed by atoms with van der Waals surface area (Å²) in [5.74, 6) is -4.14. The maximum absolute atomic E-state index is 13.1. The molecule has 0 heterocycles. The van der Waals surface area contributed by atoms with Gasteiger partial charge in [0, 0.05) is 12.1 Å². The van der Waals surface area contributed by atoms with Gasteiger partial charge in [-0.05, 0) is 12.8 Å². The van der Waals surface area contributed by atoms with E-state index in [0.29, 0.717) is 25.0 Å². The Hall–Kier alpha value is -1.27. The van der Waals surface area contributed by atoms with Crippen LogP contribution in [-0.2, 0) is 4.79 Å². The largest absolute Gasteiger partial charge is 0.322 e. The first-order valence-electron chi connectivity index (χ1n) is 4.67. The third kappa shape index (κ3) is 2.70. The van der Waals surface area contributed by atoms with Gasteiger partial charge in [0.25, 0.3) is 0 Å². The van der Waals surface area contributed by atoms with Gasteiger partial charge in [-0.3, -0.25) is 4.79 Å². The predicted octanol–water partition coefficient (Wildman–Crippen LogP) is 1.96. The van der Waals surface area contributed by atoms with Crippen LogP contribution in [-0.4, -0.2) is 11.4 Å². The summed E-state index contributed by atoms with van der Waals surface area (Å²) in [6.45, 7) is 0. The molecule has 1 aliphatic carbocycles. The molecule has 3 N–H and O–H groups in total. The molecule has 0 atom stereocenters. The van der Waals surface area contributed by atoms with Crippen molar-refractivity contribution in [1.82, 2.24) is 0 Å². The van der Waals surface area contributed by atoms with Crippen LogP contribution in [0.3, 0.4) is 0 Å². The Balaban J connectivity index is 0.00000144. The van der Waals surface area contributed by atoms with Crippen molar-refractivity contribution in [2.75, 3.05) is 5.32 Å². The van der Waals surface area contributed by atoms with Crippen molar-refractivity contribution in [3.8, 4) is 0 Å². The van der Waals surface area contributed by atoms with Crippen molar-refractivity contribution in [3.63, 3.8) is 0 Å². The van der Waals surface area contributed by atoms with Gasteiger partial charge in [0.1, 0.15) is 5.82 Å². The first-order chi connectivity index (χ1) is 7.42. The van der Waals surface area contributed by atoms with E-state index in [1.807, 2.05) is 0 Å². The summed E-state index contributed by atoms with van der Waals surface area (Å²) < 4.78 is 38.5. The summed E-state index contributed by atoms with van der Waals surface area (Å²) in [4.78, 5) is 11.4. The third-order valence-corrected chi connectivity index (χ3v) is 2.50. The molecule has 0 spiro atoms. The van der Waals surface area contributed by atoms with Gasteiger partial charge in [-0.1, -0.05) is 0 Å². The zero-order valence-corrected chi connectivity index (χ0v) is 9.41. The Labute approximate surface area is 102 Å². The fraction of sp³-hybridized carbons (Fsp3) is 0.300. The van der Waals surface area contributed by atoms with Crippen LogP contribution in [0, 0.1) is 17.5 Å². The Morgan fingerprint density at radius 1 is 1.18 bits per heavy atom. The molecule has 0 unspecified atom stereocenters. The Morgan fingerprint density at radius 2 is 1.71 bits per heavy atom. The summed E-state index contributed by atoms with van der Waals surface area (Å²) in [6, 6.07) is 0.968. The third-order valence-electron chi connectivity index (χ3n) is 2.50. The monoisotopic (exact) mass is 266 g/mol. The van der Waals surface area contributed by atoms with Crippen molar-refractivity contribution < 1.29 is 18.0 Å². The SMILES string of the molecule is Cl.NC1(C(=O)Nc2cc(F)c(F)cc2F)CC1. The Bertz CT molecular complexity index is 463. The van der Waals surface area contributed by atoms with E-state index in [-0.39, 0.29) is 12.4 Å². The fourth-order valence-corrected chi connectivity index (χ4v) is 1.23. The maximum Gasteiger partial charge on any atom is 0.244 e. The van der Waals surface area contributed by atoms with Crippen molar-refractivity contribution in [3.05, 3.63) is 29.6 Å². The average molecular weight is 267 g/mol. The van der Waals surface area contributed by atoms with Crippen LogP contribution in [0.1, 0.15) is 12.8 Å². The second-order valence-electron chi connectivity index (χ2n) is 3.86. The topological polar surface area (TPSA) is 55.1 Å². The lowest BCUT2D eigenvalue weighted by Gasteiger charge is -2.10. The molecule has 0 bridgehead atoms. The molecule has 1 amide bonds. The van der Waals surface area contributed by atoms with E-state index in [0.717, 1.165) is 0 Å². The summed E-state index contributed by atoms with van der Waals surface area (Å²) in [5.41, 5.74) is 4.16. The zero-order valence-electron chi connectivity index (χ0n) is 8.60. The van der Waals surface area contributed by atoms with Gasteiger partial charge in [0.05, 0.1) is 11.2 Å². The number of carbonyl (C=O) groups excluding carboxylic acids is 1. The van der Waals surface area contributed by atoms with Gasteiger partial charge in [-0.25, -0.2) is 13.2 Å². The molecule has 17 heavy (non-hydrogen) atoms. The average Bonchev–Trinajstić information content (AvgIpc) is 2.94. The highest BCUT2D eigenvalue weighted by atomic mass is 35.5. The quantitative estimate of drug-likeness (QED) is 0.804. The van der Waals surface area contributed by atoms with E-state index in [1.165, 1.54) is 0 Å². The van der Waals surface area contributed by atoms with E-state index in [9.17, 15) is 18.0 Å². The molecule has 3 nitrogen and oxygen atoms in total. The Morgan fingerprint density at radius 3 is 2.24 bits per heavy atom. The summed E-state index contributed by atoms with van der Waals surface area (Å²) in [6.07, 6.45) is 1.01. The highest BCUT2D eigenvalue weighted by Gasteiger charge is 2.46. The number of benzene rings is 1. The molecule has 1 saturated carbocycles. The molecule has 1 aromatic carbocycles. The lowest BCUT2D eigenvalue weighted by Crippen LogP contribution is -2.38. The Kier molecular flexibility index (Phi) is 3.68. The van der Waals surface area contributed by atoms with Gasteiger partial charge >= 0.3 is 0 Å². The summed E-state index contributed by atoms with van der Waals surface area (Å²) in [5, 5.41) is 2.14. The van der Waals surface area contributed by atoms with Crippen LogP contribution in [0.5, 0.6) is 0 Å². The zero-order chi connectivity index (χ0) is 11.9. The standard InChI is InChI=1S/C10H9F3N2O.ClH/c11-5-3-7(13)8(4-6(5)12)15-9(16)10(14)1-2-10;/h3-4H,1-2,14H2,(H,15,16);1H. The molecule has 0 aliphatic heterocycles. The number of hydrogen-bond acceptors (Lipinski definition) is 2. The number of nitrogens with one attached hydrogen (secondary N) is 1. The number of halogens is 4. The highest BCUT2D eigenvalue weighted by molar-refractivity contribution is 6.00. The molecule has 2 rings (SSSR count). The molecule has 0 aromatic heterocycles. The van der Waals surface area contributed by atoms with Crippen LogP contribution in [0.2, 0.25) is 0 Å². The van der Waals surface area contributed by atoms with E-state index in [2.05, 4.69) is 5.32 Å². The van der Waals surface area contributed by atoms with Crippen LogP contribution >= 0.6 is 12.4 Å². The first-order valence-corrected chi connectivity index (χ1v) is 4.67. The number of rotatable bonds is 2. The number of hydrogen-bond donors (Lipinski definition) is 2. The van der Waals surface area contributed by atoms with Gasteiger partial charge in [-0.2, -0.15) is 0 Å². The number of nitrogens with two attached hydrogens (primary N) is 1. The minimum absolute atomic E-state index is 0. The molecule has 1 aromatic rings. The van der Waals surface area contributed by atoms with Crippen LogP contribution < -0.4 is 11.1 Å².